The highest BCUT2D eigenvalue weighted by atomic mass is 16.3. The Morgan fingerprint density at radius 1 is 1.21 bits per heavy atom. The molecule has 0 radical (unpaired) electrons. The quantitative estimate of drug-likeness (QED) is 0.410. The summed E-state index contributed by atoms with van der Waals surface area (Å²) < 4.78 is 56.3. The van der Waals surface area contributed by atoms with Crippen LogP contribution in [0.4, 0.5) is 0 Å². The van der Waals surface area contributed by atoms with E-state index < -0.39 is 19.1 Å². The summed E-state index contributed by atoms with van der Waals surface area (Å²) in [5.41, 5.74) is 5.01. The van der Waals surface area contributed by atoms with Crippen LogP contribution in [0.1, 0.15) is 63.4 Å². The first kappa shape index (κ1) is 12.0. The molecule has 1 atom stereocenters. The highest BCUT2D eigenvalue weighted by Gasteiger charge is 2.23. The summed E-state index contributed by atoms with van der Waals surface area (Å²) in [4.78, 5) is 4.64. The lowest BCUT2D eigenvalue weighted by Gasteiger charge is -2.06. The second kappa shape index (κ2) is 6.73. The van der Waals surface area contributed by atoms with Crippen molar-refractivity contribution < 1.29 is 17.2 Å². The van der Waals surface area contributed by atoms with Crippen molar-refractivity contribution >= 4 is 22.1 Å². The minimum atomic E-state index is -2.03. The molecule has 142 valence electrons. The Morgan fingerprint density at radius 2 is 2.11 bits per heavy atom. The third-order valence-corrected chi connectivity index (χ3v) is 5.62. The molecule has 1 aliphatic rings. The molecule has 3 heteroatoms. The molecule has 0 aliphatic heterocycles. The largest absolute Gasteiger partial charge is 0.437 e. The van der Waals surface area contributed by atoms with Crippen molar-refractivity contribution in [1.29, 1.82) is 0 Å². The van der Waals surface area contributed by atoms with Gasteiger partial charge in [-0.05, 0) is 49.9 Å². The number of fused-ring (bicyclic) bond motifs is 3. The van der Waals surface area contributed by atoms with Crippen molar-refractivity contribution in [3.8, 4) is 11.3 Å². The molecule has 3 nitrogen and oxygen atoms in total. The fourth-order valence-electron chi connectivity index (χ4n) is 4.15. The summed E-state index contributed by atoms with van der Waals surface area (Å²) in [6.45, 7) is -0.0280. The Kier molecular flexibility index (Phi) is 2.89. The van der Waals surface area contributed by atoms with Crippen LogP contribution >= 0.6 is 0 Å². The van der Waals surface area contributed by atoms with Crippen molar-refractivity contribution in [1.82, 2.24) is 4.98 Å². The summed E-state index contributed by atoms with van der Waals surface area (Å²) >= 11 is 0. The van der Waals surface area contributed by atoms with Crippen LogP contribution in [-0.2, 0) is 13.5 Å². The van der Waals surface area contributed by atoms with E-state index in [1.54, 1.807) is 6.07 Å². The van der Waals surface area contributed by atoms with Crippen molar-refractivity contribution in [2.24, 2.45) is 7.05 Å². The van der Waals surface area contributed by atoms with Crippen molar-refractivity contribution in [2.75, 3.05) is 0 Å². The van der Waals surface area contributed by atoms with Crippen LogP contribution < -0.4 is 4.57 Å². The zero-order valence-electron chi connectivity index (χ0n) is 22.2. The van der Waals surface area contributed by atoms with Gasteiger partial charge in [-0.3, -0.25) is 0 Å². The number of hydrogen-bond acceptors (Lipinski definition) is 2. The van der Waals surface area contributed by atoms with Crippen LogP contribution in [0.5, 0.6) is 0 Å². The van der Waals surface area contributed by atoms with Crippen molar-refractivity contribution in [3.05, 3.63) is 59.4 Å². The number of rotatable bonds is 3. The summed E-state index contributed by atoms with van der Waals surface area (Å²) in [6, 6.07) is 11.4. The molecule has 5 rings (SSSR count). The number of hydrogen-bond donors (Lipinski definition) is 0. The summed E-state index contributed by atoms with van der Waals surface area (Å²) in [7, 11) is 1.89. The molecular formula is C25H27N2O+. The number of aryl methyl sites for hydroxylation is 3. The molecule has 0 bridgehead atoms. The fraction of sp³-hybridized carbons (Fsp3) is 0.360. The Morgan fingerprint density at radius 3 is 2.89 bits per heavy atom. The number of pyridine rings is 2. The van der Waals surface area contributed by atoms with Gasteiger partial charge >= 0.3 is 0 Å². The van der Waals surface area contributed by atoms with E-state index in [9.17, 15) is 0 Å². The second-order valence-electron chi connectivity index (χ2n) is 7.50. The lowest BCUT2D eigenvalue weighted by Crippen LogP contribution is -2.31. The maximum atomic E-state index is 8.83. The molecule has 0 N–H and O–H groups in total. The van der Waals surface area contributed by atoms with Gasteiger partial charge in [-0.25, -0.2) is 9.55 Å². The lowest BCUT2D eigenvalue weighted by atomic mass is 9.99. The monoisotopic (exact) mass is 377 g/mol. The molecule has 1 saturated carbocycles. The van der Waals surface area contributed by atoms with Gasteiger partial charge < -0.3 is 4.42 Å². The smallest absolute Gasteiger partial charge is 0.227 e. The summed E-state index contributed by atoms with van der Waals surface area (Å²) in [6.07, 6.45) is 1.66. The first-order valence-corrected chi connectivity index (χ1v) is 9.72. The van der Waals surface area contributed by atoms with Gasteiger partial charge in [-0.2, -0.15) is 0 Å². The molecule has 4 aromatic rings. The average molecular weight is 378 g/mol. The van der Waals surface area contributed by atoms with E-state index in [1.807, 2.05) is 55.1 Å². The molecule has 28 heavy (non-hydrogen) atoms. The average Bonchev–Trinajstić information content (AvgIpc) is 3.24. The summed E-state index contributed by atoms with van der Waals surface area (Å²) in [5.74, 6) is -1.38. The Bertz CT molecular complexity index is 1420. The van der Waals surface area contributed by atoms with Crippen molar-refractivity contribution in [2.45, 2.75) is 51.7 Å². The second-order valence-corrected chi connectivity index (χ2v) is 7.50. The zero-order valence-corrected chi connectivity index (χ0v) is 16.2. The van der Waals surface area contributed by atoms with E-state index in [2.05, 4.69) is 4.98 Å². The van der Waals surface area contributed by atoms with Gasteiger partial charge in [0, 0.05) is 42.2 Å². The van der Waals surface area contributed by atoms with Crippen molar-refractivity contribution in [3.63, 3.8) is 0 Å². The van der Waals surface area contributed by atoms with E-state index >= 15 is 0 Å². The minimum absolute atomic E-state index is 0.00397. The number of nitrogens with zero attached hydrogens (tertiary/aromatic N) is 2. The minimum Gasteiger partial charge on any atom is -0.437 e. The molecule has 0 saturated heterocycles. The van der Waals surface area contributed by atoms with Gasteiger partial charge in [-0.15, -0.1) is 0 Å². The first-order chi connectivity index (χ1) is 15.9. The van der Waals surface area contributed by atoms with Gasteiger partial charge in [0.2, 0.25) is 11.4 Å². The SMILES string of the molecule is [2H]C([2H])([2H])Cc1ccc(-c2c(C)ccc3c2oc2nc(C4([2H])CCCC4([2H])[2H])ccc23)[n+](C)c1. The molecule has 0 spiro atoms. The van der Waals surface area contributed by atoms with E-state index in [-0.39, 0.29) is 6.42 Å². The Labute approximate surface area is 174 Å². The van der Waals surface area contributed by atoms with Crippen LogP contribution in [-0.4, -0.2) is 4.98 Å². The molecule has 1 aliphatic carbocycles. The Hall–Kier alpha value is -2.68. The molecule has 1 unspecified atom stereocenters. The molecular weight excluding hydrogens is 344 g/mol. The van der Waals surface area contributed by atoms with Gasteiger partial charge in [-0.1, -0.05) is 31.8 Å². The standard InChI is InChI=1S/C25H27N2O/c1-4-17-10-14-22(27(3)15-17)23-16(2)9-11-19-20-12-13-21(18-7-5-6-8-18)26-25(20)28-24(19)23/h9-15,18H,4-8H2,1-3H3/q+1/i1D3,7D2,18D. The highest BCUT2D eigenvalue weighted by Crippen LogP contribution is 2.38. The maximum Gasteiger partial charge on any atom is 0.227 e. The van der Waals surface area contributed by atoms with Crippen LogP contribution in [0, 0.1) is 6.92 Å². The number of aromatic nitrogens is 2. The number of benzene rings is 1. The Balaban J connectivity index is 1.66. The lowest BCUT2D eigenvalue weighted by molar-refractivity contribution is -0.660. The predicted octanol–water partition coefficient (Wildman–Crippen LogP) is 6.00. The van der Waals surface area contributed by atoms with Gasteiger partial charge in [0.15, 0.2) is 11.8 Å². The molecule has 0 amide bonds. The van der Waals surface area contributed by atoms with E-state index in [4.69, 9.17) is 12.6 Å². The topological polar surface area (TPSA) is 29.9 Å². The zero-order chi connectivity index (χ0) is 24.5. The predicted molar refractivity (Wildman–Crippen MR) is 113 cm³/mol. The maximum absolute atomic E-state index is 8.83. The normalized spacial score (nSPS) is 25.1. The fourth-order valence-corrected chi connectivity index (χ4v) is 4.15. The summed E-state index contributed by atoms with van der Waals surface area (Å²) in [5, 5.41) is 1.72. The van der Waals surface area contributed by atoms with Crippen LogP contribution in [0.2, 0.25) is 0 Å². The van der Waals surface area contributed by atoms with Crippen LogP contribution in [0.25, 0.3) is 33.3 Å². The van der Waals surface area contributed by atoms with Crippen LogP contribution in [0.15, 0.2) is 47.0 Å². The third kappa shape index (κ3) is 2.72. The highest BCUT2D eigenvalue weighted by molar-refractivity contribution is 6.08. The van der Waals surface area contributed by atoms with Gasteiger partial charge in [0.25, 0.3) is 0 Å². The van der Waals surface area contributed by atoms with Crippen LogP contribution in [0.3, 0.4) is 0 Å². The molecule has 3 heterocycles. The van der Waals surface area contributed by atoms with Gasteiger partial charge in [0.1, 0.15) is 7.05 Å². The first-order valence-electron chi connectivity index (χ1n) is 12.7. The van der Waals surface area contributed by atoms with Gasteiger partial charge in [0.05, 0.1) is 5.56 Å². The van der Waals surface area contributed by atoms with E-state index in [1.165, 1.54) is 0 Å². The molecule has 1 fully saturated rings. The van der Waals surface area contributed by atoms with E-state index in [0.29, 0.717) is 36.3 Å². The van der Waals surface area contributed by atoms with E-state index in [0.717, 1.165) is 33.2 Å². The third-order valence-electron chi connectivity index (χ3n) is 5.62. The molecule has 3 aromatic heterocycles. The molecule has 1 aromatic carbocycles. The number of furan rings is 1.